The Hall–Kier alpha value is -0.960. The fourth-order valence-electron chi connectivity index (χ4n) is 1.65. The van der Waals surface area contributed by atoms with Crippen molar-refractivity contribution in [3.8, 4) is 0 Å². The molecule has 1 aliphatic rings. The molecule has 0 spiro atoms. The molecule has 1 heterocycles. The van der Waals surface area contributed by atoms with Crippen LogP contribution >= 0.6 is 11.8 Å². The predicted molar refractivity (Wildman–Crippen MR) is 56.6 cm³/mol. The second-order valence-corrected chi connectivity index (χ2v) is 4.88. The molecular weight excluding hydrogens is 196 g/mol. The molecule has 0 amide bonds. The molecule has 0 bridgehead atoms. The average molecular weight is 208 g/mol. The number of hydrogen-bond donors (Lipinski definition) is 1. The van der Waals surface area contributed by atoms with E-state index in [0.29, 0.717) is 0 Å². The van der Waals surface area contributed by atoms with Crippen LogP contribution in [0, 0.1) is 5.92 Å². The molecule has 14 heavy (non-hydrogen) atoms. The Balaban J connectivity index is 2.15. The summed E-state index contributed by atoms with van der Waals surface area (Å²) < 4.78 is 0. The number of benzene rings is 1. The lowest BCUT2D eigenvalue weighted by Gasteiger charge is -2.12. The SMILES string of the molecule is CC(C(=O)O)C1Cc2ccccc2S1. The van der Waals surface area contributed by atoms with Gasteiger partial charge in [-0.05, 0) is 18.1 Å². The molecular formula is C11H12O2S. The van der Waals surface area contributed by atoms with Gasteiger partial charge < -0.3 is 5.11 Å². The van der Waals surface area contributed by atoms with Crippen molar-refractivity contribution >= 4 is 17.7 Å². The fourth-order valence-corrected chi connectivity index (χ4v) is 3.02. The predicted octanol–water partition coefficient (Wildman–Crippen LogP) is 2.42. The summed E-state index contributed by atoms with van der Waals surface area (Å²) in [7, 11) is 0. The number of aliphatic carboxylic acids is 1. The van der Waals surface area contributed by atoms with Gasteiger partial charge in [0.05, 0.1) is 5.92 Å². The maximum Gasteiger partial charge on any atom is 0.307 e. The summed E-state index contributed by atoms with van der Waals surface area (Å²) in [6.07, 6.45) is 0.883. The van der Waals surface area contributed by atoms with E-state index < -0.39 is 5.97 Å². The molecule has 0 saturated heterocycles. The summed E-state index contributed by atoms with van der Waals surface area (Å²) >= 11 is 1.69. The first kappa shape index (κ1) is 9.59. The molecule has 2 unspecified atom stereocenters. The number of rotatable bonds is 2. The van der Waals surface area contributed by atoms with Gasteiger partial charge in [0.25, 0.3) is 0 Å². The van der Waals surface area contributed by atoms with Crippen LogP contribution in [-0.4, -0.2) is 16.3 Å². The fraction of sp³-hybridized carbons (Fsp3) is 0.364. The highest BCUT2D eigenvalue weighted by Crippen LogP contribution is 2.40. The highest BCUT2D eigenvalue weighted by molar-refractivity contribution is 8.00. The van der Waals surface area contributed by atoms with Crippen molar-refractivity contribution in [1.29, 1.82) is 0 Å². The van der Waals surface area contributed by atoms with E-state index in [1.165, 1.54) is 10.5 Å². The van der Waals surface area contributed by atoms with E-state index in [-0.39, 0.29) is 11.2 Å². The molecule has 2 atom stereocenters. The largest absolute Gasteiger partial charge is 0.481 e. The third-order valence-corrected chi connectivity index (χ3v) is 4.15. The smallest absolute Gasteiger partial charge is 0.307 e. The monoisotopic (exact) mass is 208 g/mol. The second-order valence-electron chi connectivity index (χ2n) is 3.60. The van der Waals surface area contributed by atoms with Crippen LogP contribution < -0.4 is 0 Å². The molecule has 2 rings (SSSR count). The average Bonchev–Trinajstić information content (AvgIpc) is 2.59. The summed E-state index contributed by atoms with van der Waals surface area (Å²) in [5.74, 6) is -0.970. The summed E-state index contributed by atoms with van der Waals surface area (Å²) in [5, 5.41) is 9.11. The van der Waals surface area contributed by atoms with Gasteiger partial charge in [-0.1, -0.05) is 25.1 Å². The third kappa shape index (κ3) is 1.64. The minimum Gasteiger partial charge on any atom is -0.481 e. The van der Waals surface area contributed by atoms with E-state index in [1.807, 2.05) is 12.1 Å². The molecule has 1 N–H and O–H groups in total. The number of hydrogen-bond acceptors (Lipinski definition) is 2. The number of carboxylic acids is 1. The molecule has 3 heteroatoms. The molecule has 0 radical (unpaired) electrons. The van der Waals surface area contributed by atoms with Gasteiger partial charge in [-0.2, -0.15) is 0 Å². The summed E-state index contributed by atoms with van der Waals surface area (Å²) in [5.41, 5.74) is 1.29. The van der Waals surface area contributed by atoms with E-state index >= 15 is 0 Å². The quantitative estimate of drug-likeness (QED) is 0.811. The van der Waals surface area contributed by atoms with Crippen molar-refractivity contribution in [2.24, 2.45) is 5.92 Å². The van der Waals surface area contributed by atoms with Crippen LogP contribution in [0.25, 0.3) is 0 Å². The van der Waals surface area contributed by atoms with Crippen molar-refractivity contribution in [1.82, 2.24) is 0 Å². The Labute approximate surface area is 87.3 Å². The zero-order chi connectivity index (χ0) is 10.1. The lowest BCUT2D eigenvalue weighted by molar-refractivity contribution is -0.141. The van der Waals surface area contributed by atoms with Crippen molar-refractivity contribution < 1.29 is 9.90 Å². The highest BCUT2D eigenvalue weighted by atomic mass is 32.2. The summed E-state index contributed by atoms with van der Waals surface area (Å²) in [4.78, 5) is 12.1. The van der Waals surface area contributed by atoms with E-state index in [4.69, 9.17) is 5.11 Å². The van der Waals surface area contributed by atoms with Gasteiger partial charge in [-0.15, -0.1) is 11.8 Å². The molecule has 0 saturated carbocycles. The van der Waals surface area contributed by atoms with Gasteiger partial charge >= 0.3 is 5.97 Å². The van der Waals surface area contributed by atoms with Gasteiger partial charge in [-0.3, -0.25) is 4.79 Å². The minimum atomic E-state index is -0.699. The number of carboxylic acid groups (broad SMARTS) is 1. The van der Waals surface area contributed by atoms with Crippen LogP contribution in [0.4, 0.5) is 0 Å². The summed E-state index contributed by atoms with van der Waals surface area (Å²) in [6.45, 7) is 1.78. The number of carbonyl (C=O) groups is 1. The Morgan fingerprint density at radius 2 is 2.29 bits per heavy atom. The molecule has 1 aromatic carbocycles. The molecule has 0 aliphatic carbocycles. The van der Waals surface area contributed by atoms with Crippen molar-refractivity contribution in [2.75, 3.05) is 0 Å². The van der Waals surface area contributed by atoms with Gasteiger partial charge in [0, 0.05) is 10.1 Å². The lowest BCUT2D eigenvalue weighted by atomic mass is 10.0. The first-order valence-electron chi connectivity index (χ1n) is 4.66. The van der Waals surface area contributed by atoms with E-state index in [2.05, 4.69) is 12.1 Å². The minimum absolute atomic E-state index is 0.199. The zero-order valence-electron chi connectivity index (χ0n) is 7.93. The van der Waals surface area contributed by atoms with E-state index in [0.717, 1.165) is 6.42 Å². The van der Waals surface area contributed by atoms with Crippen LogP contribution in [0.15, 0.2) is 29.2 Å². The van der Waals surface area contributed by atoms with Crippen LogP contribution in [0.5, 0.6) is 0 Å². The topological polar surface area (TPSA) is 37.3 Å². The Bertz CT molecular complexity index is 337. The van der Waals surface area contributed by atoms with Crippen LogP contribution in [0.1, 0.15) is 12.5 Å². The van der Waals surface area contributed by atoms with Gasteiger partial charge in [-0.25, -0.2) is 0 Å². The Morgan fingerprint density at radius 1 is 1.57 bits per heavy atom. The highest BCUT2D eigenvalue weighted by Gasteiger charge is 2.30. The first-order valence-corrected chi connectivity index (χ1v) is 5.54. The Kier molecular flexibility index (Phi) is 2.50. The van der Waals surface area contributed by atoms with Gasteiger partial charge in [0.2, 0.25) is 0 Å². The van der Waals surface area contributed by atoms with E-state index in [1.54, 1.807) is 18.7 Å². The molecule has 1 aliphatic heterocycles. The van der Waals surface area contributed by atoms with Gasteiger partial charge in [0.15, 0.2) is 0 Å². The molecule has 0 aromatic heterocycles. The molecule has 74 valence electrons. The Morgan fingerprint density at radius 3 is 2.93 bits per heavy atom. The summed E-state index contributed by atoms with van der Waals surface area (Å²) in [6, 6.07) is 8.15. The molecule has 2 nitrogen and oxygen atoms in total. The van der Waals surface area contributed by atoms with Crippen LogP contribution in [-0.2, 0) is 11.2 Å². The van der Waals surface area contributed by atoms with Crippen molar-refractivity contribution in [2.45, 2.75) is 23.5 Å². The zero-order valence-corrected chi connectivity index (χ0v) is 8.75. The maximum atomic E-state index is 10.8. The van der Waals surface area contributed by atoms with Gasteiger partial charge in [0.1, 0.15) is 0 Å². The molecule has 0 fully saturated rings. The standard InChI is InChI=1S/C11H12O2S/c1-7(11(12)13)10-6-8-4-2-3-5-9(8)14-10/h2-5,7,10H,6H2,1H3,(H,12,13). The van der Waals surface area contributed by atoms with E-state index in [9.17, 15) is 4.79 Å². The lowest BCUT2D eigenvalue weighted by Crippen LogP contribution is -2.22. The normalized spacial score (nSPS) is 21.6. The number of fused-ring (bicyclic) bond motifs is 1. The third-order valence-electron chi connectivity index (χ3n) is 2.62. The maximum absolute atomic E-state index is 10.8. The van der Waals surface area contributed by atoms with Crippen LogP contribution in [0.3, 0.4) is 0 Å². The van der Waals surface area contributed by atoms with Crippen molar-refractivity contribution in [3.05, 3.63) is 29.8 Å². The first-order chi connectivity index (χ1) is 6.68. The second kappa shape index (κ2) is 3.65. The van der Waals surface area contributed by atoms with Crippen molar-refractivity contribution in [3.63, 3.8) is 0 Å². The van der Waals surface area contributed by atoms with Crippen LogP contribution in [0.2, 0.25) is 0 Å². The molecule has 1 aromatic rings. The number of thioether (sulfide) groups is 1.